The van der Waals surface area contributed by atoms with Crippen LogP contribution >= 0.6 is 0 Å². The molecule has 104 valence electrons. The molecule has 0 aromatic carbocycles. The van der Waals surface area contributed by atoms with Crippen LogP contribution in [0.3, 0.4) is 0 Å². The highest BCUT2D eigenvalue weighted by atomic mass is 16.5. The maximum absolute atomic E-state index is 5.36. The first kappa shape index (κ1) is 16.8. The standard InChI is InChI=1S/C12H28N2O3/c1-14(8-10-15-2)7-6-13-5-4-9-17-12-11-16-3/h13H,4-12H2,1-3H3. The van der Waals surface area contributed by atoms with Crippen LogP contribution in [-0.4, -0.2) is 78.8 Å². The van der Waals surface area contributed by atoms with E-state index in [0.717, 1.165) is 45.8 Å². The lowest BCUT2D eigenvalue weighted by atomic mass is 10.4. The first-order valence-electron chi connectivity index (χ1n) is 6.26. The Bertz CT molecular complexity index is 148. The minimum atomic E-state index is 0.678. The maximum atomic E-state index is 5.36. The van der Waals surface area contributed by atoms with Crippen LogP contribution in [-0.2, 0) is 14.2 Å². The van der Waals surface area contributed by atoms with Crippen molar-refractivity contribution in [3.63, 3.8) is 0 Å². The van der Waals surface area contributed by atoms with Crippen molar-refractivity contribution in [1.29, 1.82) is 0 Å². The van der Waals surface area contributed by atoms with Gasteiger partial charge < -0.3 is 24.4 Å². The van der Waals surface area contributed by atoms with E-state index < -0.39 is 0 Å². The van der Waals surface area contributed by atoms with Gasteiger partial charge in [-0.25, -0.2) is 0 Å². The van der Waals surface area contributed by atoms with Gasteiger partial charge in [0.15, 0.2) is 0 Å². The van der Waals surface area contributed by atoms with Crippen molar-refractivity contribution in [3.05, 3.63) is 0 Å². The summed E-state index contributed by atoms with van der Waals surface area (Å²) in [4.78, 5) is 2.26. The molecule has 0 saturated heterocycles. The van der Waals surface area contributed by atoms with Gasteiger partial charge in [-0.2, -0.15) is 0 Å². The van der Waals surface area contributed by atoms with Gasteiger partial charge in [-0.1, -0.05) is 0 Å². The normalized spacial score (nSPS) is 11.3. The Morgan fingerprint density at radius 1 is 0.882 bits per heavy atom. The average Bonchev–Trinajstić information content (AvgIpc) is 2.34. The second kappa shape index (κ2) is 13.9. The van der Waals surface area contributed by atoms with Crippen LogP contribution in [0, 0.1) is 0 Å². The predicted molar refractivity (Wildman–Crippen MR) is 69.6 cm³/mol. The van der Waals surface area contributed by atoms with Crippen molar-refractivity contribution in [3.8, 4) is 0 Å². The quantitative estimate of drug-likeness (QED) is 0.472. The lowest BCUT2D eigenvalue weighted by molar-refractivity contribution is 0.0694. The average molecular weight is 248 g/mol. The molecule has 0 radical (unpaired) electrons. The lowest BCUT2D eigenvalue weighted by Crippen LogP contribution is -2.32. The number of rotatable bonds is 13. The van der Waals surface area contributed by atoms with Gasteiger partial charge in [-0.3, -0.25) is 0 Å². The molecule has 0 atom stereocenters. The largest absolute Gasteiger partial charge is 0.383 e. The molecule has 5 heteroatoms. The van der Waals surface area contributed by atoms with Crippen LogP contribution in [0.15, 0.2) is 0 Å². The molecule has 0 spiro atoms. The van der Waals surface area contributed by atoms with E-state index in [2.05, 4.69) is 17.3 Å². The summed E-state index contributed by atoms with van der Waals surface area (Å²) in [6.45, 7) is 7.02. The zero-order valence-corrected chi connectivity index (χ0v) is 11.5. The molecular weight excluding hydrogens is 220 g/mol. The maximum Gasteiger partial charge on any atom is 0.0700 e. The van der Waals surface area contributed by atoms with Gasteiger partial charge >= 0.3 is 0 Å². The highest BCUT2D eigenvalue weighted by Gasteiger charge is 1.96. The first-order valence-corrected chi connectivity index (χ1v) is 6.26. The zero-order chi connectivity index (χ0) is 12.8. The summed E-state index contributed by atoms with van der Waals surface area (Å²) in [6.07, 6.45) is 1.05. The van der Waals surface area contributed by atoms with Crippen LogP contribution in [0.2, 0.25) is 0 Å². The number of likely N-dealkylation sites (N-methyl/N-ethyl adjacent to an activating group) is 1. The predicted octanol–water partition coefficient (Wildman–Crippen LogP) is 0.207. The smallest absolute Gasteiger partial charge is 0.0700 e. The van der Waals surface area contributed by atoms with Gasteiger partial charge in [-0.05, 0) is 20.0 Å². The van der Waals surface area contributed by atoms with Crippen LogP contribution in [0.1, 0.15) is 6.42 Å². The molecule has 0 amide bonds. The summed E-state index contributed by atoms with van der Waals surface area (Å²) in [7, 11) is 5.52. The highest BCUT2D eigenvalue weighted by Crippen LogP contribution is 1.83. The Kier molecular flexibility index (Phi) is 13.7. The van der Waals surface area contributed by atoms with E-state index in [0.29, 0.717) is 13.2 Å². The Morgan fingerprint density at radius 3 is 2.35 bits per heavy atom. The first-order chi connectivity index (χ1) is 8.31. The van der Waals surface area contributed by atoms with Crippen LogP contribution in [0.25, 0.3) is 0 Å². The molecule has 0 bridgehead atoms. The molecule has 0 aromatic rings. The fraction of sp³-hybridized carbons (Fsp3) is 1.00. The molecule has 0 aromatic heterocycles. The van der Waals surface area contributed by atoms with Gasteiger partial charge in [0, 0.05) is 40.5 Å². The van der Waals surface area contributed by atoms with E-state index in [4.69, 9.17) is 14.2 Å². The van der Waals surface area contributed by atoms with E-state index in [-0.39, 0.29) is 0 Å². The minimum Gasteiger partial charge on any atom is -0.383 e. The molecule has 1 N–H and O–H groups in total. The second-order valence-electron chi connectivity index (χ2n) is 4.00. The molecule has 0 saturated carbocycles. The third-order valence-electron chi connectivity index (χ3n) is 2.42. The van der Waals surface area contributed by atoms with Crippen molar-refractivity contribution >= 4 is 0 Å². The number of methoxy groups -OCH3 is 2. The van der Waals surface area contributed by atoms with Crippen molar-refractivity contribution in [2.75, 3.05) is 73.9 Å². The molecule has 5 nitrogen and oxygen atoms in total. The van der Waals surface area contributed by atoms with Crippen LogP contribution in [0.5, 0.6) is 0 Å². The molecule has 0 aliphatic rings. The Balaban J connectivity index is 3.02. The molecule has 0 aliphatic carbocycles. The summed E-state index contributed by atoms with van der Waals surface area (Å²) >= 11 is 0. The van der Waals surface area contributed by atoms with Gasteiger partial charge in [0.2, 0.25) is 0 Å². The van der Waals surface area contributed by atoms with E-state index in [1.165, 1.54) is 0 Å². The summed E-state index contributed by atoms with van der Waals surface area (Å²) in [5, 5.41) is 3.39. The summed E-state index contributed by atoms with van der Waals surface area (Å²) in [5.41, 5.74) is 0. The number of hydrogen-bond acceptors (Lipinski definition) is 5. The molecule has 0 rings (SSSR count). The van der Waals surface area contributed by atoms with Gasteiger partial charge in [0.25, 0.3) is 0 Å². The molecule has 0 aliphatic heterocycles. The third kappa shape index (κ3) is 13.7. The van der Waals surface area contributed by atoms with Crippen molar-refractivity contribution < 1.29 is 14.2 Å². The van der Waals surface area contributed by atoms with Crippen LogP contribution in [0.4, 0.5) is 0 Å². The zero-order valence-electron chi connectivity index (χ0n) is 11.5. The molecule has 0 unspecified atom stereocenters. The fourth-order valence-corrected chi connectivity index (χ4v) is 1.30. The monoisotopic (exact) mass is 248 g/mol. The highest BCUT2D eigenvalue weighted by molar-refractivity contribution is 4.54. The molecule has 17 heavy (non-hydrogen) atoms. The Morgan fingerprint density at radius 2 is 1.65 bits per heavy atom. The SMILES string of the molecule is COCCOCCCNCCN(C)CCOC. The summed E-state index contributed by atoms with van der Waals surface area (Å²) in [6, 6.07) is 0. The number of nitrogens with zero attached hydrogens (tertiary/aromatic N) is 1. The number of hydrogen-bond donors (Lipinski definition) is 1. The van der Waals surface area contributed by atoms with Crippen molar-refractivity contribution in [2.45, 2.75) is 6.42 Å². The minimum absolute atomic E-state index is 0.678. The third-order valence-corrected chi connectivity index (χ3v) is 2.42. The Labute approximate surface area is 105 Å². The van der Waals surface area contributed by atoms with Crippen molar-refractivity contribution in [2.24, 2.45) is 0 Å². The van der Waals surface area contributed by atoms with Gasteiger partial charge in [0.1, 0.15) is 0 Å². The van der Waals surface area contributed by atoms with Gasteiger partial charge in [0.05, 0.1) is 19.8 Å². The van der Waals surface area contributed by atoms with Gasteiger partial charge in [-0.15, -0.1) is 0 Å². The van der Waals surface area contributed by atoms with Crippen LogP contribution < -0.4 is 5.32 Å². The Hall–Kier alpha value is -0.200. The summed E-state index contributed by atoms with van der Waals surface area (Å²) in [5.74, 6) is 0. The topological polar surface area (TPSA) is 43.0 Å². The number of nitrogens with one attached hydrogen (secondary N) is 1. The van der Waals surface area contributed by atoms with E-state index in [9.17, 15) is 0 Å². The number of ether oxygens (including phenoxy) is 3. The fourth-order valence-electron chi connectivity index (χ4n) is 1.30. The second-order valence-corrected chi connectivity index (χ2v) is 4.00. The lowest BCUT2D eigenvalue weighted by Gasteiger charge is -2.16. The van der Waals surface area contributed by atoms with E-state index in [1.54, 1.807) is 14.2 Å². The molecule has 0 heterocycles. The van der Waals surface area contributed by atoms with Crippen molar-refractivity contribution in [1.82, 2.24) is 10.2 Å². The molecule has 0 fully saturated rings. The summed E-state index contributed by atoms with van der Waals surface area (Å²) < 4.78 is 15.3. The molecular formula is C12H28N2O3. The van der Waals surface area contributed by atoms with E-state index in [1.807, 2.05) is 0 Å². The van der Waals surface area contributed by atoms with E-state index >= 15 is 0 Å².